The maximum atomic E-state index is 12.1. The molecule has 1 heterocycles. The summed E-state index contributed by atoms with van der Waals surface area (Å²) in [4.78, 5) is 22.4. The number of nitrogens with one attached hydrogen (secondary N) is 2. The van der Waals surface area contributed by atoms with E-state index in [-0.39, 0.29) is 11.3 Å². The first-order valence-electron chi connectivity index (χ1n) is 5.59. The first kappa shape index (κ1) is 13.9. The SMILES string of the molecule is CNc1ccc([N+](=O)[O-])cc1C(=O)Nc1nnc(C)s1. The highest BCUT2D eigenvalue weighted by Crippen LogP contribution is 2.23. The first-order valence-corrected chi connectivity index (χ1v) is 6.40. The molecule has 0 saturated heterocycles. The van der Waals surface area contributed by atoms with Crippen LogP contribution in [0.2, 0.25) is 0 Å². The molecule has 2 aromatic rings. The summed E-state index contributed by atoms with van der Waals surface area (Å²) in [5, 5.41) is 24.8. The number of rotatable bonds is 4. The third kappa shape index (κ3) is 2.88. The summed E-state index contributed by atoms with van der Waals surface area (Å²) >= 11 is 1.23. The van der Waals surface area contributed by atoms with Crippen molar-refractivity contribution in [3.8, 4) is 0 Å². The smallest absolute Gasteiger partial charge is 0.270 e. The minimum Gasteiger partial charge on any atom is -0.387 e. The quantitative estimate of drug-likeness (QED) is 0.659. The highest BCUT2D eigenvalue weighted by Gasteiger charge is 2.17. The van der Waals surface area contributed by atoms with Crippen LogP contribution in [0.4, 0.5) is 16.5 Å². The lowest BCUT2D eigenvalue weighted by molar-refractivity contribution is -0.384. The van der Waals surface area contributed by atoms with Crippen molar-refractivity contribution in [3.05, 3.63) is 38.9 Å². The summed E-state index contributed by atoms with van der Waals surface area (Å²) in [6.45, 7) is 1.76. The Morgan fingerprint density at radius 1 is 1.40 bits per heavy atom. The number of nitro groups is 1. The van der Waals surface area contributed by atoms with E-state index in [2.05, 4.69) is 20.8 Å². The molecule has 8 nitrogen and oxygen atoms in total. The Labute approximate surface area is 118 Å². The molecule has 0 radical (unpaired) electrons. The average Bonchev–Trinajstić information content (AvgIpc) is 2.83. The second-order valence-corrected chi connectivity index (χ2v) is 5.00. The van der Waals surface area contributed by atoms with E-state index in [1.54, 1.807) is 14.0 Å². The van der Waals surface area contributed by atoms with Gasteiger partial charge < -0.3 is 5.32 Å². The molecule has 2 N–H and O–H groups in total. The van der Waals surface area contributed by atoms with Gasteiger partial charge in [-0.25, -0.2) is 0 Å². The minimum absolute atomic E-state index is 0.150. The molecule has 0 fully saturated rings. The van der Waals surface area contributed by atoms with Crippen molar-refractivity contribution in [1.82, 2.24) is 10.2 Å². The van der Waals surface area contributed by atoms with Gasteiger partial charge in [-0.05, 0) is 13.0 Å². The van der Waals surface area contributed by atoms with Gasteiger partial charge in [0.05, 0.1) is 10.5 Å². The molecule has 1 aromatic carbocycles. The Bertz CT molecular complexity index is 670. The van der Waals surface area contributed by atoms with Crippen LogP contribution in [0.3, 0.4) is 0 Å². The van der Waals surface area contributed by atoms with Crippen LogP contribution in [0.5, 0.6) is 0 Å². The molecule has 9 heteroatoms. The third-order valence-corrected chi connectivity index (χ3v) is 3.23. The van der Waals surface area contributed by atoms with Gasteiger partial charge in [0.25, 0.3) is 11.6 Å². The predicted molar refractivity (Wildman–Crippen MR) is 75.2 cm³/mol. The Kier molecular flexibility index (Phi) is 3.89. The molecule has 104 valence electrons. The van der Waals surface area contributed by atoms with Crippen LogP contribution >= 0.6 is 11.3 Å². The summed E-state index contributed by atoms with van der Waals surface area (Å²) < 4.78 is 0. The largest absolute Gasteiger partial charge is 0.387 e. The van der Waals surface area contributed by atoms with Gasteiger partial charge in [0.15, 0.2) is 0 Å². The van der Waals surface area contributed by atoms with E-state index in [9.17, 15) is 14.9 Å². The molecule has 0 saturated carbocycles. The number of aryl methyl sites for hydroxylation is 1. The minimum atomic E-state index is -0.550. The van der Waals surface area contributed by atoms with E-state index in [0.717, 1.165) is 0 Å². The molecule has 0 aliphatic rings. The Morgan fingerprint density at radius 3 is 2.70 bits per heavy atom. The van der Waals surface area contributed by atoms with Crippen LogP contribution in [0, 0.1) is 17.0 Å². The zero-order chi connectivity index (χ0) is 14.7. The van der Waals surface area contributed by atoms with Crippen LogP contribution in [0.25, 0.3) is 0 Å². The number of non-ortho nitro benzene ring substituents is 1. The van der Waals surface area contributed by atoms with Gasteiger partial charge in [0, 0.05) is 24.9 Å². The average molecular weight is 293 g/mol. The molecule has 0 bridgehead atoms. The molecule has 2 rings (SSSR count). The van der Waals surface area contributed by atoms with Gasteiger partial charge in [0.1, 0.15) is 5.01 Å². The summed E-state index contributed by atoms with van der Waals surface area (Å²) in [6.07, 6.45) is 0. The fourth-order valence-electron chi connectivity index (χ4n) is 1.56. The second-order valence-electron chi connectivity index (χ2n) is 3.82. The Morgan fingerprint density at radius 2 is 2.15 bits per heavy atom. The van der Waals surface area contributed by atoms with Crippen LogP contribution in [0.15, 0.2) is 18.2 Å². The number of aromatic nitrogens is 2. The maximum Gasteiger partial charge on any atom is 0.270 e. The molecule has 0 aliphatic carbocycles. The van der Waals surface area contributed by atoms with Crippen LogP contribution < -0.4 is 10.6 Å². The molecule has 0 unspecified atom stereocenters. The molecule has 1 amide bonds. The number of hydrogen-bond donors (Lipinski definition) is 2. The Hall–Kier alpha value is -2.55. The number of amides is 1. The van der Waals surface area contributed by atoms with Crippen molar-refractivity contribution >= 4 is 33.8 Å². The van der Waals surface area contributed by atoms with Gasteiger partial charge in [-0.3, -0.25) is 20.2 Å². The first-order chi connectivity index (χ1) is 9.51. The van der Waals surface area contributed by atoms with E-state index >= 15 is 0 Å². The Balaban J connectivity index is 2.32. The fourth-order valence-corrected chi connectivity index (χ4v) is 2.15. The third-order valence-electron chi connectivity index (χ3n) is 2.47. The summed E-state index contributed by atoms with van der Waals surface area (Å²) in [6, 6.07) is 4.03. The summed E-state index contributed by atoms with van der Waals surface area (Å²) in [7, 11) is 1.63. The number of nitrogens with zero attached hydrogens (tertiary/aromatic N) is 3. The van der Waals surface area contributed by atoms with Gasteiger partial charge >= 0.3 is 0 Å². The zero-order valence-electron chi connectivity index (χ0n) is 10.7. The number of carbonyl (C=O) groups is 1. The predicted octanol–water partition coefficient (Wildman–Crippen LogP) is 2.05. The molecular weight excluding hydrogens is 282 g/mol. The fraction of sp³-hybridized carbons (Fsp3) is 0.182. The van der Waals surface area contributed by atoms with Crippen molar-refractivity contribution in [2.75, 3.05) is 17.7 Å². The van der Waals surface area contributed by atoms with Gasteiger partial charge in [-0.15, -0.1) is 10.2 Å². The number of nitro benzene ring substituents is 1. The van der Waals surface area contributed by atoms with Crippen LogP contribution in [0.1, 0.15) is 15.4 Å². The highest BCUT2D eigenvalue weighted by molar-refractivity contribution is 7.15. The lowest BCUT2D eigenvalue weighted by Crippen LogP contribution is -2.14. The highest BCUT2D eigenvalue weighted by atomic mass is 32.1. The van der Waals surface area contributed by atoms with Crippen molar-refractivity contribution < 1.29 is 9.72 Å². The van der Waals surface area contributed by atoms with Crippen LogP contribution in [-0.2, 0) is 0 Å². The molecule has 0 aliphatic heterocycles. The van der Waals surface area contributed by atoms with E-state index < -0.39 is 10.8 Å². The lowest BCUT2D eigenvalue weighted by atomic mass is 10.1. The summed E-state index contributed by atoms with van der Waals surface area (Å²) in [5.74, 6) is -0.478. The second kappa shape index (κ2) is 5.61. The van der Waals surface area contributed by atoms with Crippen molar-refractivity contribution in [2.45, 2.75) is 6.92 Å². The number of carbonyl (C=O) groups excluding carboxylic acids is 1. The van der Waals surface area contributed by atoms with Crippen molar-refractivity contribution in [1.29, 1.82) is 0 Å². The molecular formula is C11H11N5O3S. The van der Waals surface area contributed by atoms with Gasteiger partial charge in [-0.2, -0.15) is 0 Å². The lowest BCUT2D eigenvalue weighted by Gasteiger charge is -2.07. The summed E-state index contributed by atoms with van der Waals surface area (Å²) in [5.41, 5.74) is 0.520. The number of benzene rings is 1. The molecule has 1 aromatic heterocycles. The van der Waals surface area contributed by atoms with E-state index in [4.69, 9.17) is 0 Å². The van der Waals surface area contributed by atoms with Crippen LogP contribution in [-0.4, -0.2) is 28.1 Å². The van der Waals surface area contributed by atoms with Crippen molar-refractivity contribution in [2.24, 2.45) is 0 Å². The maximum absolute atomic E-state index is 12.1. The molecule has 20 heavy (non-hydrogen) atoms. The number of hydrogen-bond acceptors (Lipinski definition) is 7. The zero-order valence-corrected chi connectivity index (χ0v) is 11.5. The molecule has 0 atom stereocenters. The van der Waals surface area contributed by atoms with E-state index in [1.807, 2.05) is 0 Å². The normalized spacial score (nSPS) is 10.1. The van der Waals surface area contributed by atoms with Gasteiger partial charge in [0.2, 0.25) is 5.13 Å². The number of anilines is 2. The monoisotopic (exact) mass is 293 g/mol. The van der Waals surface area contributed by atoms with Gasteiger partial charge in [-0.1, -0.05) is 11.3 Å². The molecule has 0 spiro atoms. The van der Waals surface area contributed by atoms with E-state index in [1.165, 1.54) is 29.5 Å². The van der Waals surface area contributed by atoms with E-state index in [0.29, 0.717) is 15.8 Å². The topological polar surface area (TPSA) is 110 Å². The standard InChI is InChI=1S/C11H11N5O3S/c1-6-14-15-11(20-6)13-10(17)8-5-7(16(18)19)3-4-9(8)12-2/h3-5,12H,1-2H3,(H,13,15,17). The van der Waals surface area contributed by atoms with Crippen molar-refractivity contribution in [3.63, 3.8) is 0 Å².